The second-order valence-electron chi connectivity index (χ2n) is 3.77. The number of benzene rings is 3. The van der Waals surface area contributed by atoms with Gasteiger partial charge >= 0.3 is 0 Å². The van der Waals surface area contributed by atoms with Gasteiger partial charge in [0, 0.05) is 4.47 Å². The number of halogens is 1. The van der Waals surface area contributed by atoms with Gasteiger partial charge < -0.3 is 0 Å². The summed E-state index contributed by atoms with van der Waals surface area (Å²) in [6.07, 6.45) is 0. The first-order chi connectivity index (χ1) is 13.1. The van der Waals surface area contributed by atoms with Crippen molar-refractivity contribution in [3.63, 3.8) is 0 Å². The minimum atomic E-state index is -0.464. The van der Waals surface area contributed by atoms with Crippen LogP contribution in [0, 0.1) is 0 Å². The lowest BCUT2D eigenvalue weighted by atomic mass is 10.0. The first-order valence-electron chi connectivity index (χ1n) is 10.0. The molecule has 0 fully saturated rings. The molecule has 0 aromatic heterocycles. The molecule has 0 aliphatic carbocycles. The molecule has 92 valence electrons. The van der Waals surface area contributed by atoms with Gasteiger partial charge in [0.2, 0.25) is 0 Å². The first-order valence-corrected chi connectivity index (χ1v) is 6.30. The molecule has 0 bridgehead atoms. The van der Waals surface area contributed by atoms with E-state index in [-0.39, 0.29) is 51.9 Å². The van der Waals surface area contributed by atoms with Crippen LogP contribution < -0.4 is 0 Å². The van der Waals surface area contributed by atoms with Crippen LogP contribution in [0.3, 0.4) is 0 Å². The number of rotatable bonds is 2. The quantitative estimate of drug-likeness (QED) is 0.561. The molecule has 3 rings (SSSR count). The summed E-state index contributed by atoms with van der Waals surface area (Å²) in [5, 5.41) is 0. The molecule has 3 aromatic carbocycles. The molecule has 0 N–H and O–H groups in total. The molecular formula is C18H13Br. The van der Waals surface area contributed by atoms with Gasteiger partial charge in [-0.3, -0.25) is 0 Å². The maximum absolute atomic E-state index is 8.13. The molecule has 19 heavy (non-hydrogen) atoms. The molecule has 0 saturated carbocycles. The van der Waals surface area contributed by atoms with Crippen LogP contribution in [0.5, 0.6) is 0 Å². The van der Waals surface area contributed by atoms with E-state index in [1.807, 2.05) is 0 Å². The fraction of sp³-hybridized carbons (Fsp3) is 0. The maximum atomic E-state index is 8.13. The van der Waals surface area contributed by atoms with Crippen LogP contribution in [0.2, 0.25) is 0 Å². The fourth-order valence-corrected chi connectivity index (χ4v) is 1.84. The lowest BCUT2D eigenvalue weighted by Gasteiger charge is -2.05. The highest BCUT2D eigenvalue weighted by Gasteiger charge is 1.99. The molecule has 0 aliphatic heterocycles. The Kier molecular flexibility index (Phi) is 1.61. The van der Waals surface area contributed by atoms with Crippen molar-refractivity contribution in [3.8, 4) is 22.3 Å². The van der Waals surface area contributed by atoms with Gasteiger partial charge in [-0.15, -0.1) is 0 Å². The summed E-state index contributed by atoms with van der Waals surface area (Å²) >= 11 is 3.06. The summed E-state index contributed by atoms with van der Waals surface area (Å²) < 4.78 is 71.5. The lowest BCUT2D eigenvalue weighted by Crippen LogP contribution is -1.80. The monoisotopic (exact) mass is 317 g/mol. The average molecular weight is 318 g/mol. The third-order valence-corrected chi connectivity index (χ3v) is 2.95. The molecule has 0 heterocycles. The van der Waals surface area contributed by atoms with E-state index in [1.54, 1.807) is 12.1 Å². The van der Waals surface area contributed by atoms with Crippen molar-refractivity contribution in [1.82, 2.24) is 0 Å². The Balaban J connectivity index is 2.18. The van der Waals surface area contributed by atoms with Crippen molar-refractivity contribution in [1.29, 1.82) is 0 Å². The summed E-state index contributed by atoms with van der Waals surface area (Å²) in [5.74, 6) is 0. The van der Waals surface area contributed by atoms with Gasteiger partial charge in [-0.1, -0.05) is 82.5 Å². The zero-order valence-corrected chi connectivity index (χ0v) is 11.3. The van der Waals surface area contributed by atoms with Crippen LogP contribution in [-0.4, -0.2) is 0 Å². The van der Waals surface area contributed by atoms with Crippen LogP contribution in [0.25, 0.3) is 22.3 Å². The fourth-order valence-electron chi connectivity index (χ4n) is 1.64. The molecule has 0 radical (unpaired) electrons. The molecule has 3 aromatic rings. The predicted molar refractivity (Wildman–Crippen MR) is 85.0 cm³/mol. The van der Waals surface area contributed by atoms with Crippen molar-refractivity contribution in [2.75, 3.05) is 0 Å². The van der Waals surface area contributed by atoms with Crippen molar-refractivity contribution in [2.45, 2.75) is 0 Å². The molecule has 0 spiro atoms. The predicted octanol–water partition coefficient (Wildman–Crippen LogP) is 5.78. The minimum absolute atomic E-state index is 0.0629. The smallest absolute Gasteiger partial charge is 0.0622 e. The Morgan fingerprint density at radius 1 is 0.579 bits per heavy atom. The minimum Gasteiger partial charge on any atom is -0.0622 e. The van der Waals surface area contributed by atoms with Crippen LogP contribution in [0.4, 0.5) is 0 Å². The molecular weight excluding hydrogens is 296 g/mol. The van der Waals surface area contributed by atoms with Crippen molar-refractivity contribution >= 4 is 15.9 Å². The van der Waals surface area contributed by atoms with E-state index in [0.29, 0.717) is 11.1 Å². The SMILES string of the molecule is [2H]c1c([2H])c([2H])c(-c2ccc(-c3c([2H])c([2H])c(Br)c([2H])c3[2H])cc2)c([2H])c1[2H]. The van der Waals surface area contributed by atoms with E-state index in [0.717, 1.165) is 0 Å². The second-order valence-corrected chi connectivity index (χ2v) is 4.56. The van der Waals surface area contributed by atoms with E-state index in [4.69, 9.17) is 12.3 Å². The highest BCUT2D eigenvalue weighted by Crippen LogP contribution is 2.25. The molecule has 0 nitrogen and oxygen atoms in total. The zero-order chi connectivity index (χ0) is 20.9. The standard InChI is InChI=1S/C18H13Br/c19-18-12-10-17(11-13-18)16-8-6-15(7-9-16)14-4-2-1-3-5-14/h1-13H/i1D,2D,3D,4D,5D,10D,11D,12D,13D. The van der Waals surface area contributed by atoms with E-state index in [1.165, 1.54) is 12.1 Å². The molecule has 0 amide bonds. The first kappa shape index (κ1) is 5.64. The van der Waals surface area contributed by atoms with E-state index >= 15 is 0 Å². The topological polar surface area (TPSA) is 0 Å². The normalized spacial score (nSPS) is 17.0. The Morgan fingerprint density at radius 2 is 1.05 bits per heavy atom. The van der Waals surface area contributed by atoms with Crippen molar-refractivity contribution in [2.24, 2.45) is 0 Å². The zero-order valence-electron chi connectivity index (χ0n) is 18.7. The summed E-state index contributed by atoms with van der Waals surface area (Å²) in [7, 11) is 0. The third-order valence-electron chi connectivity index (χ3n) is 2.56. The Morgan fingerprint density at radius 3 is 1.58 bits per heavy atom. The second kappa shape index (κ2) is 5.41. The van der Waals surface area contributed by atoms with Gasteiger partial charge in [-0.2, -0.15) is 0 Å². The van der Waals surface area contributed by atoms with E-state index < -0.39 is 18.1 Å². The number of hydrogen-bond donors (Lipinski definition) is 0. The molecule has 0 aliphatic rings. The van der Waals surface area contributed by atoms with E-state index in [9.17, 15) is 0 Å². The molecule has 0 saturated heterocycles. The lowest BCUT2D eigenvalue weighted by molar-refractivity contribution is 1.58. The van der Waals surface area contributed by atoms with Crippen LogP contribution in [0.15, 0.2) is 83.1 Å². The molecule has 1 heteroatoms. The molecule has 0 atom stereocenters. The summed E-state index contributed by atoms with van der Waals surface area (Å²) in [6, 6.07) is 3.48. The average Bonchev–Trinajstić information content (AvgIpc) is 2.69. The van der Waals surface area contributed by atoms with Crippen molar-refractivity contribution in [3.05, 3.63) is 83.1 Å². The summed E-state index contributed by atoms with van der Waals surface area (Å²) in [4.78, 5) is 0. The van der Waals surface area contributed by atoms with Crippen LogP contribution in [-0.2, 0) is 0 Å². The van der Waals surface area contributed by atoms with Crippen molar-refractivity contribution < 1.29 is 12.3 Å². The van der Waals surface area contributed by atoms with Gasteiger partial charge in [-0.05, 0) is 34.3 Å². The third kappa shape index (κ3) is 2.77. The summed E-state index contributed by atoms with van der Waals surface area (Å²) in [5.41, 5.74) is 1.02. The Labute approximate surface area is 134 Å². The molecule has 0 unspecified atom stereocenters. The van der Waals surface area contributed by atoms with Crippen LogP contribution in [0.1, 0.15) is 12.3 Å². The largest absolute Gasteiger partial charge is 0.0635 e. The van der Waals surface area contributed by atoms with Gasteiger partial charge in [0.25, 0.3) is 0 Å². The highest BCUT2D eigenvalue weighted by molar-refractivity contribution is 9.10. The van der Waals surface area contributed by atoms with Gasteiger partial charge in [-0.25, -0.2) is 0 Å². The van der Waals surface area contributed by atoms with Crippen LogP contribution >= 0.6 is 15.9 Å². The van der Waals surface area contributed by atoms with Gasteiger partial charge in [0.1, 0.15) is 0 Å². The highest BCUT2D eigenvalue weighted by atomic mass is 79.9. The van der Waals surface area contributed by atoms with Gasteiger partial charge in [0.15, 0.2) is 0 Å². The van der Waals surface area contributed by atoms with Gasteiger partial charge in [0.05, 0.1) is 12.3 Å². The number of hydrogen-bond acceptors (Lipinski definition) is 0. The Bertz CT molecular complexity index is 961. The Hall–Kier alpha value is -1.86. The maximum Gasteiger partial charge on any atom is 0.0635 e. The van der Waals surface area contributed by atoms with E-state index in [2.05, 4.69) is 15.9 Å². The summed E-state index contributed by atoms with van der Waals surface area (Å²) in [6.45, 7) is 0.